The van der Waals surface area contributed by atoms with Crippen molar-refractivity contribution in [3.63, 3.8) is 0 Å². The molecule has 0 saturated heterocycles. The van der Waals surface area contributed by atoms with Crippen molar-refractivity contribution in [1.82, 2.24) is 0 Å². The number of hydrogen-bond acceptors (Lipinski definition) is 2. The van der Waals surface area contributed by atoms with Crippen molar-refractivity contribution in [3.8, 4) is 55.6 Å². The minimum Gasteiger partial charge on any atom is -0.311 e. The van der Waals surface area contributed by atoms with Gasteiger partial charge in [-0.25, -0.2) is 0 Å². The van der Waals surface area contributed by atoms with Gasteiger partial charge in [0, 0.05) is 39.5 Å². The first-order chi connectivity index (χ1) is 33.6. The zero-order valence-electron chi connectivity index (χ0n) is 40.1. The van der Waals surface area contributed by atoms with Gasteiger partial charge < -0.3 is 9.80 Å². The van der Waals surface area contributed by atoms with Crippen LogP contribution in [0, 0.1) is 0 Å². The lowest BCUT2D eigenvalue weighted by Crippen LogP contribution is -2.17. The molecule has 0 atom stereocenters. The lowest BCUT2D eigenvalue weighted by Gasteiger charge is -2.28. The molecule has 0 N–H and O–H groups in total. The van der Waals surface area contributed by atoms with Gasteiger partial charge in [-0.2, -0.15) is 0 Å². The van der Waals surface area contributed by atoms with Gasteiger partial charge in [0.15, 0.2) is 0 Å². The summed E-state index contributed by atoms with van der Waals surface area (Å²) in [6.45, 7) is 11.7. The third kappa shape index (κ3) is 8.13. The van der Waals surface area contributed by atoms with Crippen LogP contribution in [0.2, 0.25) is 0 Å². The molecule has 0 bridgehead atoms. The summed E-state index contributed by atoms with van der Waals surface area (Å²) in [5.74, 6) is 0. The minimum absolute atomic E-state index is 0.0294. The van der Waals surface area contributed by atoms with E-state index in [2.05, 4.69) is 293 Å². The molecule has 334 valence electrons. The van der Waals surface area contributed by atoms with Crippen LogP contribution in [0.15, 0.2) is 249 Å². The minimum atomic E-state index is -0.142. The maximum Gasteiger partial charge on any atom is 0.0465 e. The van der Waals surface area contributed by atoms with Gasteiger partial charge in [0.25, 0.3) is 0 Å². The standard InChI is InChI=1S/C67H56N2/c1-66(2,3)62-32-21-33-63-65(62)57-43-42-56(44-64(57)67(63,4)5)69(53-30-19-10-20-31-53)55-40-36-50(37-41-55)61-46-58(47-22-11-6-12-23-47)60(45-59(61)48-24-13-7-14-25-48)49-34-38-54(39-35-49)68(51-26-15-8-16-27-51)52-28-17-9-18-29-52/h6-46H,1-5H3. The van der Waals surface area contributed by atoms with Crippen molar-refractivity contribution in [2.45, 2.75) is 45.4 Å². The third-order valence-corrected chi connectivity index (χ3v) is 14.0. The van der Waals surface area contributed by atoms with Crippen LogP contribution in [0.4, 0.5) is 34.1 Å². The van der Waals surface area contributed by atoms with Gasteiger partial charge in [-0.05, 0) is 163 Å². The van der Waals surface area contributed by atoms with E-state index in [-0.39, 0.29) is 10.8 Å². The van der Waals surface area contributed by atoms with Gasteiger partial charge in [0.05, 0.1) is 0 Å². The molecule has 1 aliphatic rings. The Kier molecular flexibility index (Phi) is 11.2. The zero-order chi connectivity index (χ0) is 47.1. The van der Waals surface area contributed by atoms with Crippen LogP contribution in [0.3, 0.4) is 0 Å². The van der Waals surface area contributed by atoms with Crippen LogP contribution in [0.25, 0.3) is 55.6 Å². The maximum atomic E-state index is 2.44. The molecule has 10 aromatic rings. The highest BCUT2D eigenvalue weighted by molar-refractivity contribution is 5.96. The summed E-state index contributed by atoms with van der Waals surface area (Å²) in [6.07, 6.45) is 0. The SMILES string of the molecule is CC(C)(C)c1cccc2c1-c1ccc(N(c3ccccc3)c3ccc(-c4cc(-c5ccccc5)c(-c5ccc(N(c6ccccc6)c6ccccc6)cc5)cc4-c4ccccc4)cc3)cc1C2(C)C. The maximum absolute atomic E-state index is 2.44. The fraction of sp³-hybridized carbons (Fsp3) is 0.104. The molecule has 0 spiro atoms. The molecule has 2 heteroatoms. The van der Waals surface area contributed by atoms with Crippen LogP contribution in [-0.4, -0.2) is 0 Å². The first-order valence-electron chi connectivity index (χ1n) is 24.2. The van der Waals surface area contributed by atoms with Crippen molar-refractivity contribution < 1.29 is 0 Å². The number of hydrogen-bond donors (Lipinski definition) is 0. The first kappa shape index (κ1) is 43.4. The largest absolute Gasteiger partial charge is 0.311 e. The molecule has 0 unspecified atom stereocenters. The molecular weight excluding hydrogens is 833 g/mol. The molecule has 2 nitrogen and oxygen atoms in total. The quantitative estimate of drug-likeness (QED) is 0.135. The second kappa shape index (κ2) is 17.8. The van der Waals surface area contributed by atoms with E-state index in [9.17, 15) is 0 Å². The number of anilines is 6. The Balaban J connectivity index is 1.02. The van der Waals surface area contributed by atoms with E-state index in [1.54, 1.807) is 0 Å². The molecule has 10 aromatic carbocycles. The second-order valence-electron chi connectivity index (χ2n) is 19.8. The molecule has 11 rings (SSSR count). The predicted octanol–water partition coefficient (Wildman–Crippen LogP) is 18.9. The van der Waals surface area contributed by atoms with Crippen LogP contribution in [0.5, 0.6) is 0 Å². The Labute approximate surface area is 408 Å². The summed E-state index contributed by atoms with van der Waals surface area (Å²) >= 11 is 0. The highest BCUT2D eigenvalue weighted by Crippen LogP contribution is 2.54. The molecular formula is C67H56N2. The lowest BCUT2D eigenvalue weighted by molar-refractivity contribution is 0.589. The zero-order valence-corrected chi connectivity index (χ0v) is 40.1. The summed E-state index contributed by atoms with van der Waals surface area (Å²) < 4.78 is 0. The monoisotopic (exact) mass is 888 g/mol. The van der Waals surface area contributed by atoms with Gasteiger partial charge in [-0.3, -0.25) is 0 Å². The Hall–Kier alpha value is -8.20. The fourth-order valence-electron chi connectivity index (χ4n) is 10.5. The van der Waals surface area contributed by atoms with Gasteiger partial charge in [-0.1, -0.05) is 198 Å². The van der Waals surface area contributed by atoms with E-state index < -0.39 is 0 Å². The summed E-state index contributed by atoms with van der Waals surface area (Å²) in [6, 6.07) is 90.8. The van der Waals surface area contributed by atoms with Crippen molar-refractivity contribution in [2.75, 3.05) is 9.80 Å². The lowest BCUT2D eigenvalue weighted by atomic mass is 9.79. The number of para-hydroxylation sites is 3. The highest BCUT2D eigenvalue weighted by Gasteiger charge is 2.39. The van der Waals surface area contributed by atoms with Crippen LogP contribution >= 0.6 is 0 Å². The molecule has 0 saturated carbocycles. The van der Waals surface area contributed by atoms with Crippen molar-refractivity contribution in [2.24, 2.45) is 0 Å². The molecule has 0 heterocycles. The fourth-order valence-corrected chi connectivity index (χ4v) is 10.5. The van der Waals surface area contributed by atoms with E-state index in [1.807, 2.05) is 0 Å². The van der Waals surface area contributed by atoms with Crippen molar-refractivity contribution in [3.05, 3.63) is 265 Å². The molecule has 69 heavy (non-hydrogen) atoms. The molecule has 0 aromatic heterocycles. The molecule has 0 radical (unpaired) electrons. The van der Waals surface area contributed by atoms with E-state index in [0.717, 1.165) is 45.3 Å². The molecule has 0 fully saturated rings. The Morgan fingerprint density at radius 2 is 0.638 bits per heavy atom. The molecule has 0 amide bonds. The number of nitrogens with zero attached hydrogens (tertiary/aromatic N) is 2. The van der Waals surface area contributed by atoms with Gasteiger partial charge >= 0.3 is 0 Å². The summed E-state index contributed by atoms with van der Waals surface area (Å²) in [5.41, 5.74) is 22.9. The first-order valence-corrected chi connectivity index (χ1v) is 24.2. The third-order valence-electron chi connectivity index (χ3n) is 14.0. The highest BCUT2D eigenvalue weighted by atomic mass is 15.1. The van der Waals surface area contributed by atoms with Crippen LogP contribution in [0.1, 0.15) is 51.3 Å². The molecule has 1 aliphatic carbocycles. The normalized spacial score (nSPS) is 12.5. The van der Waals surface area contributed by atoms with Crippen LogP contribution in [-0.2, 0) is 10.8 Å². The van der Waals surface area contributed by atoms with Crippen molar-refractivity contribution in [1.29, 1.82) is 0 Å². The summed E-state index contributed by atoms with van der Waals surface area (Å²) in [7, 11) is 0. The van der Waals surface area contributed by atoms with Gasteiger partial charge in [0.2, 0.25) is 0 Å². The number of rotatable bonds is 10. The van der Waals surface area contributed by atoms with E-state index >= 15 is 0 Å². The summed E-state index contributed by atoms with van der Waals surface area (Å²) in [5, 5.41) is 0. The number of benzene rings is 10. The Morgan fingerprint density at radius 1 is 0.290 bits per heavy atom. The smallest absolute Gasteiger partial charge is 0.0465 e. The van der Waals surface area contributed by atoms with E-state index in [0.29, 0.717) is 0 Å². The van der Waals surface area contributed by atoms with E-state index in [4.69, 9.17) is 0 Å². The predicted molar refractivity (Wildman–Crippen MR) is 294 cm³/mol. The average molecular weight is 889 g/mol. The number of fused-ring (bicyclic) bond motifs is 3. The van der Waals surface area contributed by atoms with Gasteiger partial charge in [-0.15, -0.1) is 0 Å². The Bertz CT molecular complexity index is 3350. The Morgan fingerprint density at radius 3 is 1.04 bits per heavy atom. The molecule has 0 aliphatic heterocycles. The second-order valence-corrected chi connectivity index (χ2v) is 19.8. The van der Waals surface area contributed by atoms with Gasteiger partial charge in [0.1, 0.15) is 0 Å². The summed E-state index contributed by atoms with van der Waals surface area (Å²) in [4.78, 5) is 4.72. The van der Waals surface area contributed by atoms with Crippen LogP contribution < -0.4 is 9.80 Å². The van der Waals surface area contributed by atoms with E-state index in [1.165, 1.54) is 61.2 Å². The van der Waals surface area contributed by atoms with Crippen molar-refractivity contribution >= 4 is 34.1 Å². The topological polar surface area (TPSA) is 6.48 Å². The average Bonchev–Trinajstić information content (AvgIpc) is 3.63.